The predicted molar refractivity (Wildman–Crippen MR) is 144 cm³/mol. The van der Waals surface area contributed by atoms with Crippen LogP contribution in [0, 0.1) is 5.92 Å². The molecule has 0 bridgehead atoms. The summed E-state index contributed by atoms with van der Waals surface area (Å²) in [5.41, 5.74) is 1.45. The summed E-state index contributed by atoms with van der Waals surface area (Å²) < 4.78 is 0. The van der Waals surface area contributed by atoms with Gasteiger partial charge in [-0.05, 0) is 58.0 Å². The van der Waals surface area contributed by atoms with Gasteiger partial charge in [-0.15, -0.1) is 9.24 Å². The molecule has 2 unspecified atom stereocenters. The number of benzene rings is 4. The fraction of sp³-hybridized carbons (Fsp3) is 0.267. The van der Waals surface area contributed by atoms with Gasteiger partial charge in [-0.2, -0.15) is 0 Å². The quantitative estimate of drug-likeness (QED) is 0.243. The average molecular weight is 468 g/mol. The lowest BCUT2D eigenvalue weighted by atomic mass is 9.89. The topological polar surface area (TPSA) is 46.2 Å². The molecule has 4 aromatic carbocycles. The Morgan fingerprint density at radius 1 is 0.794 bits per heavy atom. The zero-order chi connectivity index (χ0) is 23.5. The molecule has 3 nitrogen and oxygen atoms in total. The standard InChI is InChI=1S/C30H30NO2P/c32-28(29(34)25-16-8-14-21-11-6-7-15-24(21)25)26-17-22-12-4-5-13-23(22)18-27(26)30(33)31-19-20-9-2-1-3-10-20/h4-8,11-18,20,29H,1-3,9-10,19,34H2,(H,31,33). The minimum absolute atomic E-state index is 0.0603. The van der Waals surface area contributed by atoms with Crippen LogP contribution in [0.5, 0.6) is 0 Å². The lowest BCUT2D eigenvalue weighted by Crippen LogP contribution is -2.31. The van der Waals surface area contributed by atoms with E-state index in [1.807, 2.05) is 66.7 Å². The molecule has 0 spiro atoms. The Bertz CT molecular complexity index is 1350. The molecule has 4 heteroatoms. The summed E-state index contributed by atoms with van der Waals surface area (Å²) in [6, 6.07) is 25.8. The van der Waals surface area contributed by atoms with E-state index in [0.29, 0.717) is 23.6 Å². The van der Waals surface area contributed by atoms with Gasteiger partial charge in [0.05, 0.1) is 11.2 Å². The molecule has 0 aromatic heterocycles. The summed E-state index contributed by atoms with van der Waals surface area (Å²) in [5.74, 6) is 0.312. The van der Waals surface area contributed by atoms with E-state index in [1.54, 1.807) is 0 Å². The van der Waals surface area contributed by atoms with Crippen LogP contribution >= 0.6 is 9.24 Å². The number of carbonyl (C=O) groups excluding carboxylic acids is 2. The van der Waals surface area contributed by atoms with Crippen LogP contribution < -0.4 is 5.32 Å². The first-order chi connectivity index (χ1) is 16.6. The van der Waals surface area contributed by atoms with Crippen molar-refractivity contribution in [3.8, 4) is 0 Å². The van der Waals surface area contributed by atoms with E-state index in [0.717, 1.165) is 27.1 Å². The summed E-state index contributed by atoms with van der Waals surface area (Å²) in [6.07, 6.45) is 6.09. The molecule has 5 rings (SSSR count). The van der Waals surface area contributed by atoms with E-state index in [9.17, 15) is 9.59 Å². The van der Waals surface area contributed by atoms with E-state index in [-0.39, 0.29) is 11.7 Å². The van der Waals surface area contributed by atoms with Gasteiger partial charge in [0, 0.05) is 12.1 Å². The summed E-state index contributed by atoms with van der Waals surface area (Å²) >= 11 is 0. The molecule has 34 heavy (non-hydrogen) atoms. The van der Waals surface area contributed by atoms with E-state index < -0.39 is 5.66 Å². The molecule has 1 aliphatic carbocycles. The van der Waals surface area contributed by atoms with Crippen molar-refractivity contribution in [2.45, 2.75) is 37.8 Å². The van der Waals surface area contributed by atoms with Gasteiger partial charge in [-0.1, -0.05) is 86.0 Å². The van der Waals surface area contributed by atoms with Crippen molar-refractivity contribution in [3.05, 3.63) is 95.6 Å². The van der Waals surface area contributed by atoms with Gasteiger partial charge in [0.1, 0.15) is 0 Å². The van der Waals surface area contributed by atoms with Crippen LogP contribution in [0.25, 0.3) is 21.5 Å². The Morgan fingerprint density at radius 3 is 2.15 bits per heavy atom. The van der Waals surface area contributed by atoms with E-state index in [1.165, 1.54) is 32.1 Å². The zero-order valence-electron chi connectivity index (χ0n) is 19.3. The highest BCUT2D eigenvalue weighted by atomic mass is 31.0. The monoisotopic (exact) mass is 467 g/mol. The molecule has 1 aliphatic rings. The van der Waals surface area contributed by atoms with Crippen molar-refractivity contribution in [2.75, 3.05) is 6.54 Å². The van der Waals surface area contributed by atoms with Crippen LogP contribution in [-0.4, -0.2) is 18.2 Å². The molecule has 1 N–H and O–H groups in total. The number of Topliss-reactive ketones (excluding diaryl/α,β-unsaturated/α-hetero) is 1. The van der Waals surface area contributed by atoms with Crippen molar-refractivity contribution in [3.63, 3.8) is 0 Å². The molecule has 0 aliphatic heterocycles. The van der Waals surface area contributed by atoms with Gasteiger partial charge >= 0.3 is 0 Å². The highest BCUT2D eigenvalue weighted by Gasteiger charge is 2.25. The molecule has 2 atom stereocenters. The lowest BCUT2D eigenvalue weighted by Gasteiger charge is -2.22. The first-order valence-electron chi connectivity index (χ1n) is 12.2. The highest BCUT2D eigenvalue weighted by Crippen LogP contribution is 2.34. The van der Waals surface area contributed by atoms with Crippen LogP contribution in [-0.2, 0) is 0 Å². The first-order valence-corrected chi connectivity index (χ1v) is 12.9. The number of ketones is 1. The van der Waals surface area contributed by atoms with Gasteiger partial charge in [-0.3, -0.25) is 9.59 Å². The largest absolute Gasteiger partial charge is 0.352 e. The number of amides is 1. The number of hydrogen-bond acceptors (Lipinski definition) is 2. The lowest BCUT2D eigenvalue weighted by molar-refractivity contribution is 0.0926. The molecule has 1 fully saturated rings. The van der Waals surface area contributed by atoms with Crippen molar-refractivity contribution < 1.29 is 9.59 Å². The Kier molecular flexibility index (Phi) is 6.74. The number of carbonyl (C=O) groups is 2. The Labute approximate surface area is 203 Å². The maximum absolute atomic E-state index is 13.9. The smallest absolute Gasteiger partial charge is 0.252 e. The molecular weight excluding hydrogens is 437 g/mol. The Balaban J connectivity index is 1.50. The average Bonchev–Trinajstić information content (AvgIpc) is 2.90. The molecule has 0 radical (unpaired) electrons. The summed E-state index contributed by atoms with van der Waals surface area (Å²) in [5, 5.41) is 7.23. The van der Waals surface area contributed by atoms with Crippen LogP contribution in [0.1, 0.15) is 64.0 Å². The maximum atomic E-state index is 13.9. The third kappa shape index (κ3) is 4.63. The van der Waals surface area contributed by atoms with Crippen LogP contribution in [0.4, 0.5) is 0 Å². The molecule has 0 heterocycles. The van der Waals surface area contributed by atoms with Crippen molar-refractivity contribution in [1.82, 2.24) is 5.32 Å². The molecule has 4 aromatic rings. The van der Waals surface area contributed by atoms with Crippen molar-refractivity contribution in [1.29, 1.82) is 0 Å². The zero-order valence-corrected chi connectivity index (χ0v) is 20.5. The minimum atomic E-state index is -0.447. The summed E-state index contributed by atoms with van der Waals surface area (Å²) in [6.45, 7) is 0.674. The number of nitrogens with one attached hydrogen (secondary N) is 1. The molecule has 1 saturated carbocycles. The van der Waals surface area contributed by atoms with Crippen LogP contribution in [0.3, 0.4) is 0 Å². The van der Waals surface area contributed by atoms with Gasteiger partial charge in [0.25, 0.3) is 5.91 Å². The third-order valence-corrected chi connectivity index (χ3v) is 7.77. The van der Waals surface area contributed by atoms with Gasteiger partial charge in [0.2, 0.25) is 0 Å². The number of rotatable bonds is 6. The fourth-order valence-electron chi connectivity index (χ4n) is 5.19. The SMILES string of the molecule is O=C(NCC1CCCCC1)c1cc2ccccc2cc1C(=O)C(P)c1cccc2ccccc12. The van der Waals surface area contributed by atoms with E-state index in [4.69, 9.17) is 0 Å². The van der Waals surface area contributed by atoms with E-state index >= 15 is 0 Å². The second-order valence-corrected chi connectivity index (χ2v) is 10.0. The molecule has 172 valence electrons. The molecule has 0 saturated heterocycles. The van der Waals surface area contributed by atoms with Gasteiger partial charge in [-0.25, -0.2) is 0 Å². The van der Waals surface area contributed by atoms with Gasteiger partial charge < -0.3 is 5.32 Å². The third-order valence-electron chi connectivity index (χ3n) is 7.11. The summed E-state index contributed by atoms with van der Waals surface area (Å²) in [7, 11) is 2.72. The fourth-order valence-corrected chi connectivity index (χ4v) is 5.66. The molecule has 1 amide bonds. The number of hydrogen-bond donors (Lipinski definition) is 1. The highest BCUT2D eigenvalue weighted by molar-refractivity contribution is 7.19. The second kappa shape index (κ2) is 10.1. The van der Waals surface area contributed by atoms with Crippen LogP contribution in [0.15, 0.2) is 78.9 Å². The van der Waals surface area contributed by atoms with Crippen molar-refractivity contribution >= 4 is 42.5 Å². The Morgan fingerprint density at radius 2 is 1.41 bits per heavy atom. The van der Waals surface area contributed by atoms with Crippen LogP contribution in [0.2, 0.25) is 0 Å². The predicted octanol–water partition coefficient (Wildman–Crippen LogP) is 7.10. The summed E-state index contributed by atoms with van der Waals surface area (Å²) in [4.78, 5) is 27.2. The van der Waals surface area contributed by atoms with Gasteiger partial charge in [0.15, 0.2) is 5.78 Å². The maximum Gasteiger partial charge on any atom is 0.252 e. The Hall–Kier alpha value is -3.03. The first kappa shape index (κ1) is 22.7. The van der Waals surface area contributed by atoms with Crippen molar-refractivity contribution in [2.24, 2.45) is 5.92 Å². The van der Waals surface area contributed by atoms with E-state index in [2.05, 4.69) is 26.7 Å². The number of fused-ring (bicyclic) bond motifs is 2. The molecular formula is C30H30NO2P. The normalized spacial score (nSPS) is 15.3. The second-order valence-electron chi connectivity index (χ2n) is 9.37. The minimum Gasteiger partial charge on any atom is -0.352 e.